The van der Waals surface area contributed by atoms with Crippen LogP contribution >= 0.6 is 15.9 Å². The molecule has 0 unspecified atom stereocenters. The topological polar surface area (TPSA) is 50.7 Å². The quantitative estimate of drug-likeness (QED) is 0.940. The third-order valence-electron chi connectivity index (χ3n) is 2.37. The summed E-state index contributed by atoms with van der Waals surface area (Å²) in [5.41, 5.74) is 1.85. The van der Waals surface area contributed by atoms with Crippen LogP contribution in [0.4, 0.5) is 5.82 Å². The van der Waals surface area contributed by atoms with E-state index < -0.39 is 0 Å². The maximum Gasteiger partial charge on any atom is 0.163 e. The first-order chi connectivity index (χ1) is 8.69. The number of aryl methyl sites for hydroxylation is 1. The molecular weight excluding hydrogens is 292 g/mol. The van der Waals surface area contributed by atoms with Gasteiger partial charge in [-0.15, -0.1) is 0 Å². The molecule has 94 valence electrons. The highest BCUT2D eigenvalue weighted by Gasteiger charge is 2.05. The number of halogens is 1. The molecule has 1 N–H and O–H groups in total. The summed E-state index contributed by atoms with van der Waals surface area (Å²) in [5, 5.41) is 3.28. The van der Waals surface area contributed by atoms with Crippen LogP contribution in [0, 0.1) is 6.92 Å². The van der Waals surface area contributed by atoms with Crippen molar-refractivity contribution in [3.8, 4) is 11.4 Å². The molecule has 4 nitrogen and oxygen atoms in total. The SMILES string of the molecule is CCCNc1cc(C)nc(-c2cncc(Br)c2)n1. The predicted octanol–water partition coefficient (Wildman–Crippen LogP) is 3.43. The van der Waals surface area contributed by atoms with Gasteiger partial charge in [0.15, 0.2) is 5.82 Å². The molecule has 0 atom stereocenters. The molecule has 5 heteroatoms. The molecule has 0 amide bonds. The van der Waals surface area contributed by atoms with Gasteiger partial charge in [-0.2, -0.15) is 0 Å². The van der Waals surface area contributed by atoms with Crippen molar-refractivity contribution in [2.45, 2.75) is 20.3 Å². The van der Waals surface area contributed by atoms with Gasteiger partial charge in [-0.25, -0.2) is 9.97 Å². The van der Waals surface area contributed by atoms with Crippen LogP contribution in [-0.2, 0) is 0 Å². The zero-order chi connectivity index (χ0) is 13.0. The molecule has 2 aromatic heterocycles. The Morgan fingerprint density at radius 3 is 2.78 bits per heavy atom. The van der Waals surface area contributed by atoms with E-state index in [1.807, 2.05) is 19.1 Å². The van der Waals surface area contributed by atoms with Crippen LogP contribution in [0.3, 0.4) is 0 Å². The fraction of sp³-hybridized carbons (Fsp3) is 0.308. The van der Waals surface area contributed by atoms with Gasteiger partial charge in [-0.1, -0.05) is 6.92 Å². The van der Waals surface area contributed by atoms with E-state index in [-0.39, 0.29) is 0 Å². The van der Waals surface area contributed by atoms with Gasteiger partial charge in [0.2, 0.25) is 0 Å². The summed E-state index contributed by atoms with van der Waals surface area (Å²) < 4.78 is 0.924. The number of rotatable bonds is 4. The minimum atomic E-state index is 0.697. The van der Waals surface area contributed by atoms with Crippen LogP contribution in [0.15, 0.2) is 29.0 Å². The molecule has 0 aliphatic carbocycles. The van der Waals surface area contributed by atoms with Crippen molar-refractivity contribution in [1.29, 1.82) is 0 Å². The van der Waals surface area contributed by atoms with Gasteiger partial charge in [-0.3, -0.25) is 4.98 Å². The lowest BCUT2D eigenvalue weighted by molar-refractivity contribution is 0.962. The van der Waals surface area contributed by atoms with Crippen LogP contribution in [0.1, 0.15) is 19.0 Å². The zero-order valence-electron chi connectivity index (χ0n) is 10.4. The van der Waals surface area contributed by atoms with Crippen LogP contribution in [0.2, 0.25) is 0 Å². The summed E-state index contributed by atoms with van der Waals surface area (Å²) in [4.78, 5) is 13.1. The average molecular weight is 307 g/mol. The molecule has 0 saturated heterocycles. The third-order valence-corrected chi connectivity index (χ3v) is 2.81. The normalized spacial score (nSPS) is 10.4. The minimum Gasteiger partial charge on any atom is -0.370 e. The second-order valence-electron chi connectivity index (χ2n) is 4.04. The first kappa shape index (κ1) is 13.0. The Morgan fingerprint density at radius 1 is 1.22 bits per heavy atom. The summed E-state index contributed by atoms with van der Waals surface area (Å²) in [5.74, 6) is 1.56. The molecule has 2 heterocycles. The lowest BCUT2D eigenvalue weighted by Crippen LogP contribution is -2.04. The Morgan fingerprint density at radius 2 is 2.06 bits per heavy atom. The molecule has 0 radical (unpaired) electrons. The van der Waals surface area contributed by atoms with Crippen LogP contribution < -0.4 is 5.32 Å². The number of aromatic nitrogens is 3. The number of hydrogen-bond acceptors (Lipinski definition) is 4. The maximum atomic E-state index is 4.50. The maximum absolute atomic E-state index is 4.50. The number of hydrogen-bond donors (Lipinski definition) is 1. The molecule has 0 aliphatic rings. The van der Waals surface area contributed by atoms with E-state index in [0.29, 0.717) is 5.82 Å². The first-order valence-corrected chi connectivity index (χ1v) is 6.69. The van der Waals surface area contributed by atoms with E-state index in [1.54, 1.807) is 12.4 Å². The van der Waals surface area contributed by atoms with E-state index in [2.05, 4.69) is 43.1 Å². The number of nitrogens with one attached hydrogen (secondary N) is 1. The van der Waals surface area contributed by atoms with Crippen molar-refractivity contribution in [1.82, 2.24) is 15.0 Å². The Kier molecular flexibility index (Phi) is 4.25. The van der Waals surface area contributed by atoms with Gasteiger partial charge in [0.05, 0.1) is 0 Å². The van der Waals surface area contributed by atoms with Crippen molar-refractivity contribution >= 4 is 21.7 Å². The largest absolute Gasteiger partial charge is 0.370 e. The highest BCUT2D eigenvalue weighted by atomic mass is 79.9. The highest BCUT2D eigenvalue weighted by molar-refractivity contribution is 9.10. The summed E-state index contributed by atoms with van der Waals surface area (Å²) >= 11 is 3.40. The van der Waals surface area contributed by atoms with Gasteiger partial charge in [0, 0.05) is 40.7 Å². The molecule has 18 heavy (non-hydrogen) atoms. The first-order valence-electron chi connectivity index (χ1n) is 5.89. The third kappa shape index (κ3) is 3.26. The van der Waals surface area contributed by atoms with Crippen LogP contribution in [0.5, 0.6) is 0 Å². The molecule has 0 aromatic carbocycles. The molecule has 0 aliphatic heterocycles. The van der Waals surface area contributed by atoms with Crippen molar-refractivity contribution in [3.63, 3.8) is 0 Å². The monoisotopic (exact) mass is 306 g/mol. The number of pyridine rings is 1. The number of nitrogens with zero attached hydrogens (tertiary/aromatic N) is 3. The molecule has 0 saturated carbocycles. The Hall–Kier alpha value is -1.49. The Bertz CT molecular complexity index is 542. The summed E-state index contributed by atoms with van der Waals surface area (Å²) in [6.07, 6.45) is 4.58. The smallest absolute Gasteiger partial charge is 0.163 e. The van der Waals surface area contributed by atoms with Gasteiger partial charge >= 0.3 is 0 Å². The van der Waals surface area contributed by atoms with Crippen LogP contribution in [-0.4, -0.2) is 21.5 Å². The molecule has 0 bridgehead atoms. The molecule has 2 rings (SSSR count). The molecule has 0 fully saturated rings. The zero-order valence-corrected chi connectivity index (χ0v) is 12.0. The highest BCUT2D eigenvalue weighted by Crippen LogP contribution is 2.20. The van der Waals surface area contributed by atoms with Gasteiger partial charge in [0.1, 0.15) is 5.82 Å². The van der Waals surface area contributed by atoms with E-state index in [1.165, 1.54) is 0 Å². The Labute approximate surface area is 115 Å². The van der Waals surface area contributed by atoms with Gasteiger partial charge < -0.3 is 5.32 Å². The van der Waals surface area contributed by atoms with Crippen LogP contribution in [0.25, 0.3) is 11.4 Å². The minimum absolute atomic E-state index is 0.697. The summed E-state index contributed by atoms with van der Waals surface area (Å²) in [6, 6.07) is 3.91. The lowest BCUT2D eigenvalue weighted by atomic mass is 10.2. The summed E-state index contributed by atoms with van der Waals surface area (Å²) in [7, 11) is 0. The van der Waals surface area contributed by atoms with E-state index in [0.717, 1.165) is 34.5 Å². The van der Waals surface area contributed by atoms with Crippen molar-refractivity contribution in [2.24, 2.45) is 0 Å². The Balaban J connectivity index is 2.35. The lowest BCUT2D eigenvalue weighted by Gasteiger charge is -2.07. The molecule has 2 aromatic rings. The fourth-order valence-electron chi connectivity index (χ4n) is 1.58. The van der Waals surface area contributed by atoms with Crippen molar-refractivity contribution in [2.75, 3.05) is 11.9 Å². The standard InChI is InChI=1S/C13H15BrN4/c1-3-4-16-12-5-9(2)17-13(18-12)10-6-11(14)8-15-7-10/h5-8H,3-4H2,1-2H3,(H,16,17,18). The molecule has 0 spiro atoms. The summed E-state index contributed by atoms with van der Waals surface area (Å²) in [6.45, 7) is 5.00. The van der Waals surface area contributed by atoms with E-state index in [9.17, 15) is 0 Å². The van der Waals surface area contributed by atoms with Crippen molar-refractivity contribution in [3.05, 3.63) is 34.7 Å². The van der Waals surface area contributed by atoms with E-state index >= 15 is 0 Å². The number of anilines is 1. The average Bonchev–Trinajstić information content (AvgIpc) is 2.36. The molecular formula is C13H15BrN4. The van der Waals surface area contributed by atoms with Gasteiger partial charge in [-0.05, 0) is 35.3 Å². The fourth-order valence-corrected chi connectivity index (χ4v) is 1.94. The second kappa shape index (κ2) is 5.91. The second-order valence-corrected chi connectivity index (χ2v) is 4.95. The van der Waals surface area contributed by atoms with Gasteiger partial charge in [0.25, 0.3) is 0 Å². The van der Waals surface area contributed by atoms with E-state index in [4.69, 9.17) is 0 Å². The predicted molar refractivity (Wildman–Crippen MR) is 76.5 cm³/mol. The van der Waals surface area contributed by atoms with Crippen molar-refractivity contribution < 1.29 is 0 Å².